The van der Waals surface area contributed by atoms with Crippen LogP contribution in [0, 0.1) is 0 Å². The first-order valence-electron chi connectivity index (χ1n) is 9.68. The summed E-state index contributed by atoms with van der Waals surface area (Å²) in [5.74, 6) is -0.116. The van der Waals surface area contributed by atoms with Gasteiger partial charge >= 0.3 is 6.03 Å². The molecule has 0 bridgehead atoms. The molecule has 2 aromatic rings. The van der Waals surface area contributed by atoms with Crippen LogP contribution in [0.25, 0.3) is 0 Å². The summed E-state index contributed by atoms with van der Waals surface area (Å²) in [6.45, 7) is 3.37. The molecule has 6 nitrogen and oxygen atoms in total. The van der Waals surface area contributed by atoms with E-state index in [0.717, 1.165) is 30.8 Å². The monoisotopic (exact) mass is 380 g/mol. The smallest absolute Gasteiger partial charge is 0.324 e. The normalized spacial score (nSPS) is 14.5. The molecule has 2 aromatic carbocycles. The predicted octanol–water partition coefficient (Wildman–Crippen LogP) is 2.81. The quantitative estimate of drug-likeness (QED) is 0.804. The molecule has 3 amide bonds. The van der Waals surface area contributed by atoms with Gasteiger partial charge in [0.15, 0.2) is 0 Å². The highest BCUT2D eigenvalue weighted by molar-refractivity contribution is 5.98. The number of amides is 3. The summed E-state index contributed by atoms with van der Waals surface area (Å²) in [4.78, 5) is 31.1. The summed E-state index contributed by atoms with van der Waals surface area (Å²) in [6.07, 6.45) is 0.901. The van der Waals surface area contributed by atoms with Crippen molar-refractivity contribution in [1.82, 2.24) is 15.1 Å². The van der Waals surface area contributed by atoms with E-state index in [4.69, 9.17) is 0 Å². The Bertz CT molecular complexity index is 807. The molecule has 1 aliphatic heterocycles. The van der Waals surface area contributed by atoms with Gasteiger partial charge in [0.25, 0.3) is 5.91 Å². The van der Waals surface area contributed by atoms with E-state index in [-0.39, 0.29) is 11.9 Å². The molecule has 148 valence electrons. The van der Waals surface area contributed by atoms with Crippen molar-refractivity contribution in [2.75, 3.05) is 45.2 Å². The molecule has 0 radical (unpaired) electrons. The van der Waals surface area contributed by atoms with Gasteiger partial charge in [0.1, 0.15) is 0 Å². The molecule has 1 N–H and O–H groups in total. The first kappa shape index (κ1) is 19.9. The van der Waals surface area contributed by atoms with Crippen LogP contribution in [0.1, 0.15) is 22.3 Å². The van der Waals surface area contributed by atoms with E-state index in [1.54, 1.807) is 17.0 Å². The number of nitrogens with one attached hydrogen (secondary N) is 1. The molecule has 0 saturated carbocycles. The molecule has 1 saturated heterocycles. The maximum atomic E-state index is 13.0. The lowest BCUT2D eigenvalue weighted by molar-refractivity contribution is 0.0951. The van der Waals surface area contributed by atoms with Crippen LogP contribution in [0.5, 0.6) is 0 Å². The summed E-state index contributed by atoms with van der Waals surface area (Å²) in [5.41, 5.74) is 2.46. The number of hydrogen-bond donors (Lipinski definition) is 1. The minimum absolute atomic E-state index is 0.0136. The van der Waals surface area contributed by atoms with E-state index in [0.29, 0.717) is 25.2 Å². The Hall–Kier alpha value is -2.86. The molecule has 0 aromatic heterocycles. The molecule has 3 rings (SSSR count). The summed E-state index contributed by atoms with van der Waals surface area (Å²) in [6, 6.07) is 17.3. The molecule has 1 aliphatic rings. The van der Waals surface area contributed by atoms with Crippen LogP contribution < -0.4 is 10.2 Å². The van der Waals surface area contributed by atoms with Crippen LogP contribution in [0.4, 0.5) is 10.5 Å². The highest BCUT2D eigenvalue weighted by Gasteiger charge is 2.27. The fourth-order valence-corrected chi connectivity index (χ4v) is 3.28. The third-order valence-electron chi connectivity index (χ3n) is 4.79. The zero-order chi connectivity index (χ0) is 19.9. The third-order valence-corrected chi connectivity index (χ3v) is 4.79. The van der Waals surface area contributed by atoms with Gasteiger partial charge in [-0.05, 0) is 44.3 Å². The Morgan fingerprint density at radius 3 is 2.61 bits per heavy atom. The minimum Gasteiger partial charge on any atom is -0.351 e. The topological polar surface area (TPSA) is 55.9 Å². The van der Waals surface area contributed by atoms with Gasteiger partial charge in [-0.15, -0.1) is 0 Å². The van der Waals surface area contributed by atoms with E-state index >= 15 is 0 Å². The van der Waals surface area contributed by atoms with Crippen molar-refractivity contribution < 1.29 is 9.59 Å². The molecule has 0 atom stereocenters. The first-order valence-corrected chi connectivity index (χ1v) is 9.68. The zero-order valence-corrected chi connectivity index (χ0v) is 16.6. The van der Waals surface area contributed by atoms with Crippen molar-refractivity contribution in [2.24, 2.45) is 0 Å². The van der Waals surface area contributed by atoms with E-state index in [1.807, 2.05) is 66.4 Å². The number of rotatable bonds is 7. The van der Waals surface area contributed by atoms with Crippen molar-refractivity contribution in [3.05, 3.63) is 65.7 Å². The lowest BCUT2D eigenvalue weighted by Crippen LogP contribution is -2.49. The van der Waals surface area contributed by atoms with Crippen molar-refractivity contribution in [2.45, 2.75) is 13.0 Å². The standard InChI is InChI=1S/C22H28N4O2/c1-24(2)15-12-23-21(27)19-10-6-11-20(16-19)26-14-7-13-25(22(26)28)17-18-8-4-3-5-9-18/h3-6,8-11,16H,7,12-15,17H2,1-2H3,(H,23,27). The lowest BCUT2D eigenvalue weighted by atomic mass is 10.1. The summed E-state index contributed by atoms with van der Waals surface area (Å²) < 4.78 is 0. The summed E-state index contributed by atoms with van der Waals surface area (Å²) >= 11 is 0. The molecule has 1 heterocycles. The Labute approximate surface area is 166 Å². The van der Waals surface area contributed by atoms with Crippen LogP contribution in [0.2, 0.25) is 0 Å². The molecular formula is C22H28N4O2. The number of anilines is 1. The van der Waals surface area contributed by atoms with Crippen LogP contribution >= 0.6 is 0 Å². The maximum absolute atomic E-state index is 13.0. The average Bonchev–Trinajstić information content (AvgIpc) is 2.70. The van der Waals surface area contributed by atoms with Crippen LogP contribution in [0.3, 0.4) is 0 Å². The third kappa shape index (κ3) is 5.10. The molecule has 0 spiro atoms. The van der Waals surface area contributed by atoms with Gasteiger partial charge in [-0.3, -0.25) is 9.69 Å². The molecule has 6 heteroatoms. The number of nitrogens with zero attached hydrogens (tertiary/aromatic N) is 3. The highest BCUT2D eigenvalue weighted by atomic mass is 16.2. The van der Waals surface area contributed by atoms with Crippen LogP contribution in [-0.4, -0.2) is 62.0 Å². The van der Waals surface area contributed by atoms with Crippen molar-refractivity contribution in [1.29, 1.82) is 0 Å². The number of urea groups is 1. The van der Waals surface area contributed by atoms with Crippen molar-refractivity contribution in [3.63, 3.8) is 0 Å². The summed E-state index contributed by atoms with van der Waals surface area (Å²) in [5, 5.41) is 2.92. The number of hydrogen-bond acceptors (Lipinski definition) is 3. The molecule has 1 fully saturated rings. The fraction of sp³-hybridized carbons (Fsp3) is 0.364. The van der Waals surface area contributed by atoms with Gasteiger partial charge in [-0.25, -0.2) is 4.79 Å². The largest absolute Gasteiger partial charge is 0.351 e. The Morgan fingerprint density at radius 2 is 1.86 bits per heavy atom. The van der Waals surface area contributed by atoms with E-state index in [1.165, 1.54) is 0 Å². The number of carbonyl (C=O) groups excluding carboxylic acids is 2. The maximum Gasteiger partial charge on any atom is 0.324 e. The minimum atomic E-state index is -0.116. The Balaban J connectivity index is 1.68. The molecule has 28 heavy (non-hydrogen) atoms. The number of likely N-dealkylation sites (N-methyl/N-ethyl adjacent to an activating group) is 1. The summed E-state index contributed by atoms with van der Waals surface area (Å²) in [7, 11) is 3.94. The lowest BCUT2D eigenvalue weighted by Gasteiger charge is -2.35. The van der Waals surface area contributed by atoms with Gasteiger partial charge < -0.3 is 15.1 Å². The molecule has 0 unspecified atom stereocenters. The number of benzene rings is 2. The van der Waals surface area contributed by atoms with Gasteiger partial charge in [0.2, 0.25) is 0 Å². The zero-order valence-electron chi connectivity index (χ0n) is 16.6. The first-order chi connectivity index (χ1) is 13.5. The van der Waals surface area contributed by atoms with Crippen LogP contribution in [-0.2, 0) is 6.54 Å². The van der Waals surface area contributed by atoms with Gasteiger partial charge in [0.05, 0.1) is 0 Å². The Morgan fingerprint density at radius 1 is 1.07 bits per heavy atom. The van der Waals surface area contributed by atoms with E-state index in [2.05, 4.69) is 5.32 Å². The van der Waals surface area contributed by atoms with Gasteiger partial charge in [0, 0.05) is 44.0 Å². The van der Waals surface area contributed by atoms with Gasteiger partial charge in [-0.2, -0.15) is 0 Å². The average molecular weight is 380 g/mol. The highest BCUT2D eigenvalue weighted by Crippen LogP contribution is 2.22. The second-order valence-electron chi connectivity index (χ2n) is 7.30. The Kier molecular flexibility index (Phi) is 6.66. The van der Waals surface area contributed by atoms with Crippen LogP contribution in [0.15, 0.2) is 54.6 Å². The second kappa shape index (κ2) is 9.37. The van der Waals surface area contributed by atoms with E-state index in [9.17, 15) is 9.59 Å². The fourth-order valence-electron chi connectivity index (χ4n) is 3.28. The van der Waals surface area contributed by atoms with Crippen molar-refractivity contribution >= 4 is 17.6 Å². The number of carbonyl (C=O) groups is 2. The van der Waals surface area contributed by atoms with Gasteiger partial charge in [-0.1, -0.05) is 36.4 Å². The molecule has 0 aliphatic carbocycles. The van der Waals surface area contributed by atoms with Crippen molar-refractivity contribution in [3.8, 4) is 0 Å². The molecular weight excluding hydrogens is 352 g/mol. The van der Waals surface area contributed by atoms with E-state index < -0.39 is 0 Å². The predicted molar refractivity (Wildman–Crippen MR) is 112 cm³/mol. The SMILES string of the molecule is CN(C)CCNC(=O)c1cccc(N2CCCN(Cc3ccccc3)C2=O)c1. The second-order valence-corrected chi connectivity index (χ2v) is 7.30.